The average molecular weight is 557 g/mol. The van der Waals surface area contributed by atoms with Gasteiger partial charge < -0.3 is 29.4 Å². The zero-order chi connectivity index (χ0) is 25.5. The van der Waals surface area contributed by atoms with Crippen molar-refractivity contribution in [1.29, 1.82) is 5.26 Å². The third-order valence-corrected chi connectivity index (χ3v) is 7.14. The summed E-state index contributed by atoms with van der Waals surface area (Å²) in [4.78, 5) is 0. The first-order chi connectivity index (χ1) is 18.1. The third-order valence-electron chi connectivity index (χ3n) is 6.55. The number of hydrogen-bond acceptors (Lipinski definition) is 7. The number of nitrogens with two attached hydrogens (primary N) is 1. The lowest BCUT2D eigenvalue weighted by Gasteiger charge is -2.27. The highest BCUT2D eigenvalue weighted by molar-refractivity contribution is 9.10. The van der Waals surface area contributed by atoms with Crippen LogP contribution in [0.5, 0.6) is 28.7 Å². The van der Waals surface area contributed by atoms with Gasteiger partial charge in [-0.3, -0.25) is 0 Å². The maximum atomic E-state index is 9.97. The molecule has 0 bridgehead atoms. The molecule has 0 saturated carbocycles. The largest absolute Gasteiger partial charge is 0.493 e. The van der Waals surface area contributed by atoms with Crippen molar-refractivity contribution in [2.75, 3.05) is 13.9 Å². The number of rotatable bonds is 5. The van der Waals surface area contributed by atoms with Crippen molar-refractivity contribution in [3.63, 3.8) is 0 Å². The van der Waals surface area contributed by atoms with E-state index in [2.05, 4.69) is 40.2 Å². The van der Waals surface area contributed by atoms with Crippen LogP contribution in [-0.4, -0.2) is 13.9 Å². The summed E-state index contributed by atoms with van der Waals surface area (Å²) in [6.07, 6.45) is 0. The van der Waals surface area contributed by atoms with Crippen LogP contribution in [0.15, 0.2) is 82.7 Å². The fraction of sp³-hybridized carbons (Fsp3) is 0.138. The van der Waals surface area contributed by atoms with Crippen LogP contribution in [0.1, 0.15) is 22.6 Å². The number of fused-ring (bicyclic) bond motifs is 3. The first-order valence-electron chi connectivity index (χ1n) is 11.6. The van der Waals surface area contributed by atoms with Crippen LogP contribution in [0.4, 0.5) is 0 Å². The average Bonchev–Trinajstić information content (AvgIpc) is 3.37. The lowest BCUT2D eigenvalue weighted by molar-refractivity contribution is 0.174. The summed E-state index contributed by atoms with van der Waals surface area (Å²) >= 11 is 3.66. The van der Waals surface area contributed by atoms with E-state index in [9.17, 15) is 5.26 Å². The minimum absolute atomic E-state index is 0.0465. The number of halogens is 1. The lowest BCUT2D eigenvalue weighted by atomic mass is 9.83. The second-order valence-corrected chi connectivity index (χ2v) is 9.48. The normalized spacial score (nSPS) is 15.6. The molecule has 0 amide bonds. The molecule has 2 aliphatic heterocycles. The topological polar surface area (TPSA) is 96.0 Å². The molecule has 0 saturated heterocycles. The fourth-order valence-electron chi connectivity index (χ4n) is 4.80. The first-order valence-corrected chi connectivity index (χ1v) is 12.3. The van der Waals surface area contributed by atoms with Crippen LogP contribution < -0.4 is 29.4 Å². The molecule has 2 aliphatic rings. The Balaban J connectivity index is 1.39. The molecule has 2 N–H and O–H groups in total. The smallest absolute Gasteiger partial charge is 0.231 e. The van der Waals surface area contributed by atoms with Crippen molar-refractivity contribution < 1.29 is 23.7 Å². The van der Waals surface area contributed by atoms with Crippen LogP contribution in [0.3, 0.4) is 0 Å². The van der Waals surface area contributed by atoms with E-state index in [1.54, 1.807) is 13.2 Å². The molecular formula is C29H21BrN2O5. The Morgan fingerprint density at radius 2 is 1.81 bits per heavy atom. The summed E-state index contributed by atoms with van der Waals surface area (Å²) in [6, 6.07) is 23.9. The summed E-state index contributed by atoms with van der Waals surface area (Å²) in [6.45, 7) is 0.481. The van der Waals surface area contributed by atoms with Crippen LogP contribution in [0, 0.1) is 11.3 Å². The van der Waals surface area contributed by atoms with Gasteiger partial charge in [-0.1, -0.05) is 42.5 Å². The van der Waals surface area contributed by atoms with E-state index in [4.69, 9.17) is 29.4 Å². The van der Waals surface area contributed by atoms with E-state index < -0.39 is 5.92 Å². The molecule has 0 fully saturated rings. The van der Waals surface area contributed by atoms with Gasteiger partial charge >= 0.3 is 0 Å². The molecule has 4 aromatic carbocycles. The standard InChI is InChI=1S/C29H21BrN2O5/c1-33-26-10-18(9-22(30)28(26)34-14-17-7-4-6-16-5-2-3-8-19(16)17)27-20-11-24-25(36-15-35-24)12-23(20)37-29(32)21(27)13-31/h2-12,27H,14-15,32H2,1H3. The van der Waals surface area contributed by atoms with Gasteiger partial charge in [-0.25, -0.2) is 0 Å². The zero-order valence-corrected chi connectivity index (χ0v) is 21.4. The Morgan fingerprint density at radius 3 is 2.62 bits per heavy atom. The number of hydrogen-bond donors (Lipinski definition) is 1. The van der Waals surface area contributed by atoms with E-state index in [1.165, 1.54) is 0 Å². The monoisotopic (exact) mass is 556 g/mol. The second-order valence-electron chi connectivity index (χ2n) is 8.63. The molecule has 0 aromatic heterocycles. The number of ether oxygens (including phenoxy) is 5. The van der Waals surface area contributed by atoms with E-state index in [-0.39, 0.29) is 12.7 Å². The predicted molar refractivity (Wildman–Crippen MR) is 141 cm³/mol. The number of nitriles is 1. The van der Waals surface area contributed by atoms with E-state index in [1.807, 2.05) is 42.5 Å². The van der Waals surface area contributed by atoms with E-state index in [0.29, 0.717) is 45.4 Å². The molecule has 184 valence electrons. The zero-order valence-electron chi connectivity index (χ0n) is 19.8. The van der Waals surface area contributed by atoms with Crippen LogP contribution in [0.25, 0.3) is 10.8 Å². The van der Waals surface area contributed by atoms with Gasteiger partial charge in [0.25, 0.3) is 0 Å². The Morgan fingerprint density at radius 1 is 1.03 bits per heavy atom. The molecule has 8 heteroatoms. The molecule has 1 atom stereocenters. The van der Waals surface area contributed by atoms with Crippen molar-refractivity contribution in [3.05, 3.63) is 99.3 Å². The summed E-state index contributed by atoms with van der Waals surface area (Å²) in [7, 11) is 1.59. The minimum atomic E-state index is -0.499. The highest BCUT2D eigenvalue weighted by Crippen LogP contribution is 2.50. The quantitative estimate of drug-likeness (QED) is 0.315. The Kier molecular flexibility index (Phi) is 5.78. The molecule has 0 spiro atoms. The van der Waals surface area contributed by atoms with Gasteiger partial charge in [0, 0.05) is 11.6 Å². The van der Waals surface area contributed by atoms with Crippen LogP contribution >= 0.6 is 15.9 Å². The highest BCUT2D eigenvalue weighted by Gasteiger charge is 2.34. The summed E-state index contributed by atoms with van der Waals surface area (Å²) in [5, 5.41) is 12.3. The Hall–Kier alpha value is -4.35. The molecule has 4 aromatic rings. The van der Waals surface area contributed by atoms with Crippen LogP contribution in [0.2, 0.25) is 0 Å². The molecule has 0 radical (unpaired) electrons. The molecule has 6 rings (SSSR count). The number of allylic oxidation sites excluding steroid dienone is 1. The van der Waals surface area contributed by atoms with Crippen molar-refractivity contribution in [2.24, 2.45) is 5.73 Å². The molecular weight excluding hydrogens is 536 g/mol. The molecule has 2 heterocycles. The number of methoxy groups -OCH3 is 1. The number of benzene rings is 4. The van der Waals surface area contributed by atoms with Crippen LogP contribution in [-0.2, 0) is 6.61 Å². The van der Waals surface area contributed by atoms with Gasteiger partial charge in [-0.2, -0.15) is 5.26 Å². The van der Waals surface area contributed by atoms with Gasteiger partial charge in [0.05, 0.1) is 17.5 Å². The lowest BCUT2D eigenvalue weighted by Crippen LogP contribution is -2.21. The highest BCUT2D eigenvalue weighted by atomic mass is 79.9. The molecule has 7 nitrogen and oxygen atoms in total. The van der Waals surface area contributed by atoms with Gasteiger partial charge in [-0.05, 0) is 56.0 Å². The minimum Gasteiger partial charge on any atom is -0.493 e. The molecule has 37 heavy (non-hydrogen) atoms. The third kappa shape index (κ3) is 3.98. The maximum Gasteiger partial charge on any atom is 0.231 e. The van der Waals surface area contributed by atoms with Gasteiger partial charge in [0.15, 0.2) is 23.0 Å². The predicted octanol–water partition coefficient (Wildman–Crippen LogP) is 6.14. The van der Waals surface area contributed by atoms with Gasteiger partial charge in [0.1, 0.15) is 24.0 Å². The fourth-order valence-corrected chi connectivity index (χ4v) is 5.38. The van der Waals surface area contributed by atoms with Crippen molar-refractivity contribution >= 4 is 26.7 Å². The Labute approximate surface area is 221 Å². The summed E-state index contributed by atoms with van der Waals surface area (Å²) < 4.78 is 29.5. The summed E-state index contributed by atoms with van der Waals surface area (Å²) in [5.41, 5.74) is 9.05. The van der Waals surface area contributed by atoms with Gasteiger partial charge in [-0.15, -0.1) is 0 Å². The van der Waals surface area contributed by atoms with Crippen molar-refractivity contribution in [3.8, 4) is 34.8 Å². The maximum absolute atomic E-state index is 9.97. The van der Waals surface area contributed by atoms with E-state index >= 15 is 0 Å². The first kappa shape index (κ1) is 23.1. The second kappa shape index (κ2) is 9.26. The summed E-state index contributed by atoms with van der Waals surface area (Å²) in [5.74, 6) is 2.30. The van der Waals surface area contributed by atoms with E-state index in [0.717, 1.165) is 27.5 Å². The molecule has 1 unspecified atom stereocenters. The Bertz CT molecular complexity index is 1620. The van der Waals surface area contributed by atoms with Crippen molar-refractivity contribution in [2.45, 2.75) is 12.5 Å². The molecule has 0 aliphatic carbocycles. The van der Waals surface area contributed by atoms with Crippen molar-refractivity contribution in [1.82, 2.24) is 0 Å². The SMILES string of the molecule is COc1cc(C2C(C#N)=C(N)Oc3cc4c(cc32)OCO4)cc(Br)c1OCc1cccc2ccccc12. The van der Waals surface area contributed by atoms with Gasteiger partial charge in [0.2, 0.25) is 12.7 Å². The number of nitrogens with zero attached hydrogens (tertiary/aromatic N) is 1.